The Kier molecular flexibility index (Phi) is 10.3. The van der Waals surface area contributed by atoms with Gasteiger partial charge in [-0.1, -0.05) is 33.1 Å². The van der Waals surface area contributed by atoms with E-state index in [1.54, 1.807) is 0 Å². The fraction of sp³-hybridized carbons (Fsp3) is 0.933. The molecule has 0 bridgehead atoms. The quantitative estimate of drug-likeness (QED) is 0.755. The van der Waals surface area contributed by atoms with Gasteiger partial charge in [0.25, 0.3) is 0 Å². The number of unbranched alkanes of at least 4 members (excludes halogenated alkanes) is 1. The molecule has 19 heavy (non-hydrogen) atoms. The Balaban J connectivity index is 0.00000324. The molecule has 1 aliphatic rings. The van der Waals surface area contributed by atoms with Gasteiger partial charge < -0.3 is 10.6 Å². The number of carbonyl (C=O) groups excluding carboxylic acids is 1. The summed E-state index contributed by atoms with van der Waals surface area (Å²) in [6.07, 6.45) is 7.65. The Hall–Kier alpha value is -0.280. The lowest BCUT2D eigenvalue weighted by atomic mass is 9.94. The first-order chi connectivity index (χ1) is 8.65. The van der Waals surface area contributed by atoms with E-state index >= 15 is 0 Å². The molecule has 1 amide bonds. The van der Waals surface area contributed by atoms with Crippen molar-refractivity contribution in [1.29, 1.82) is 0 Å². The number of piperidine rings is 1. The molecule has 2 N–H and O–H groups in total. The molecule has 0 aromatic heterocycles. The summed E-state index contributed by atoms with van der Waals surface area (Å²) in [6, 6.07) is 0.920. The normalized spacial score (nSPS) is 24.4. The van der Waals surface area contributed by atoms with Gasteiger partial charge in [-0.2, -0.15) is 0 Å². The molecule has 0 aromatic rings. The molecule has 1 heterocycles. The highest BCUT2D eigenvalue weighted by Gasteiger charge is 2.20. The number of halogens is 1. The van der Waals surface area contributed by atoms with Crippen LogP contribution in [0.15, 0.2) is 0 Å². The van der Waals surface area contributed by atoms with E-state index in [0.29, 0.717) is 18.0 Å². The molecule has 0 aromatic carbocycles. The monoisotopic (exact) mass is 290 g/mol. The second-order valence-corrected chi connectivity index (χ2v) is 5.76. The van der Waals surface area contributed by atoms with E-state index in [1.807, 2.05) is 0 Å². The Labute approximate surface area is 124 Å². The molecule has 0 aliphatic carbocycles. The number of nitrogens with one attached hydrogen (secondary N) is 2. The Morgan fingerprint density at radius 3 is 2.74 bits per heavy atom. The van der Waals surface area contributed by atoms with Gasteiger partial charge in [0.2, 0.25) is 5.91 Å². The minimum absolute atomic E-state index is 0. The smallest absolute Gasteiger partial charge is 0.220 e. The Morgan fingerprint density at radius 2 is 2.16 bits per heavy atom. The minimum atomic E-state index is 0. The first kappa shape index (κ1) is 18.7. The van der Waals surface area contributed by atoms with Gasteiger partial charge in [0, 0.05) is 18.5 Å². The van der Waals surface area contributed by atoms with Crippen molar-refractivity contribution in [1.82, 2.24) is 10.6 Å². The first-order valence-corrected chi connectivity index (χ1v) is 7.68. The average Bonchev–Trinajstić information content (AvgIpc) is 2.34. The molecular formula is C15H31ClN2O. The van der Waals surface area contributed by atoms with Crippen LogP contribution >= 0.6 is 12.4 Å². The molecule has 4 heteroatoms. The van der Waals surface area contributed by atoms with E-state index in [0.717, 1.165) is 32.2 Å². The van der Waals surface area contributed by atoms with Gasteiger partial charge in [0.05, 0.1) is 0 Å². The molecule has 3 atom stereocenters. The highest BCUT2D eigenvalue weighted by molar-refractivity contribution is 5.85. The molecule has 3 unspecified atom stereocenters. The van der Waals surface area contributed by atoms with Crippen molar-refractivity contribution < 1.29 is 4.79 Å². The van der Waals surface area contributed by atoms with E-state index in [1.165, 1.54) is 19.3 Å². The zero-order chi connectivity index (χ0) is 13.4. The first-order valence-electron chi connectivity index (χ1n) is 7.68. The van der Waals surface area contributed by atoms with E-state index in [2.05, 4.69) is 31.4 Å². The maximum atomic E-state index is 12.0. The minimum Gasteiger partial charge on any atom is -0.353 e. The van der Waals surface area contributed by atoms with E-state index in [9.17, 15) is 4.79 Å². The SMILES string of the molecule is CCCCC(CC)CC(=O)NC1CCNC(C)C1.Cl. The van der Waals surface area contributed by atoms with Gasteiger partial charge in [-0.15, -0.1) is 12.4 Å². The van der Waals surface area contributed by atoms with Gasteiger partial charge in [-0.05, 0) is 38.6 Å². The van der Waals surface area contributed by atoms with E-state index < -0.39 is 0 Å². The predicted molar refractivity (Wildman–Crippen MR) is 83.8 cm³/mol. The van der Waals surface area contributed by atoms with Crippen LogP contribution in [-0.4, -0.2) is 24.5 Å². The van der Waals surface area contributed by atoms with Gasteiger partial charge in [0.1, 0.15) is 0 Å². The fourth-order valence-corrected chi connectivity index (χ4v) is 2.76. The fourth-order valence-electron chi connectivity index (χ4n) is 2.76. The zero-order valence-corrected chi connectivity index (χ0v) is 13.5. The van der Waals surface area contributed by atoms with Crippen LogP contribution in [-0.2, 0) is 4.79 Å². The number of amides is 1. The van der Waals surface area contributed by atoms with Crippen LogP contribution in [0.2, 0.25) is 0 Å². The van der Waals surface area contributed by atoms with Crippen molar-refractivity contribution in [2.75, 3.05) is 6.54 Å². The number of rotatable bonds is 7. The number of carbonyl (C=O) groups is 1. The molecule has 1 rings (SSSR count). The molecule has 3 nitrogen and oxygen atoms in total. The maximum absolute atomic E-state index is 12.0. The van der Waals surface area contributed by atoms with Gasteiger partial charge in [-0.25, -0.2) is 0 Å². The third kappa shape index (κ3) is 7.78. The lowest BCUT2D eigenvalue weighted by Gasteiger charge is -2.29. The van der Waals surface area contributed by atoms with E-state index in [-0.39, 0.29) is 18.3 Å². The van der Waals surface area contributed by atoms with Crippen LogP contribution in [0.5, 0.6) is 0 Å². The summed E-state index contributed by atoms with van der Waals surface area (Å²) in [5.74, 6) is 0.834. The standard InChI is InChI=1S/C15H30N2O.ClH/c1-4-6-7-13(5-2)11-15(18)17-14-8-9-16-12(3)10-14;/h12-14,16H,4-11H2,1-3H3,(H,17,18);1H. The lowest BCUT2D eigenvalue weighted by Crippen LogP contribution is -2.46. The number of hydrogen-bond donors (Lipinski definition) is 2. The van der Waals surface area contributed by atoms with Crippen molar-refractivity contribution in [3.63, 3.8) is 0 Å². The predicted octanol–water partition coefficient (Wildman–Crippen LogP) is 3.27. The summed E-state index contributed by atoms with van der Waals surface area (Å²) in [7, 11) is 0. The van der Waals surface area contributed by atoms with Crippen LogP contribution in [0.4, 0.5) is 0 Å². The van der Waals surface area contributed by atoms with Crippen LogP contribution in [0, 0.1) is 5.92 Å². The topological polar surface area (TPSA) is 41.1 Å². The highest BCUT2D eigenvalue weighted by atomic mass is 35.5. The second kappa shape index (κ2) is 10.5. The summed E-state index contributed by atoms with van der Waals surface area (Å²) < 4.78 is 0. The lowest BCUT2D eigenvalue weighted by molar-refractivity contribution is -0.123. The molecule has 114 valence electrons. The molecule has 1 aliphatic heterocycles. The number of hydrogen-bond acceptors (Lipinski definition) is 2. The highest BCUT2D eigenvalue weighted by Crippen LogP contribution is 2.17. The summed E-state index contributed by atoms with van der Waals surface area (Å²) in [5, 5.41) is 6.63. The van der Waals surface area contributed by atoms with Crippen LogP contribution in [0.1, 0.15) is 65.7 Å². The Morgan fingerprint density at radius 1 is 1.42 bits per heavy atom. The third-order valence-electron chi connectivity index (χ3n) is 4.01. The largest absolute Gasteiger partial charge is 0.353 e. The molecule has 1 fully saturated rings. The van der Waals surface area contributed by atoms with Crippen molar-refractivity contribution in [2.24, 2.45) is 5.92 Å². The molecule has 1 saturated heterocycles. The third-order valence-corrected chi connectivity index (χ3v) is 4.01. The summed E-state index contributed by atoms with van der Waals surface area (Å²) in [4.78, 5) is 12.0. The van der Waals surface area contributed by atoms with Crippen molar-refractivity contribution in [3.05, 3.63) is 0 Å². The van der Waals surface area contributed by atoms with Crippen molar-refractivity contribution >= 4 is 18.3 Å². The summed E-state index contributed by atoms with van der Waals surface area (Å²) >= 11 is 0. The van der Waals surface area contributed by atoms with Crippen LogP contribution in [0.25, 0.3) is 0 Å². The molecular weight excluding hydrogens is 260 g/mol. The van der Waals surface area contributed by atoms with Crippen LogP contribution < -0.4 is 10.6 Å². The van der Waals surface area contributed by atoms with Crippen molar-refractivity contribution in [2.45, 2.75) is 77.8 Å². The average molecular weight is 291 g/mol. The van der Waals surface area contributed by atoms with Crippen molar-refractivity contribution in [3.8, 4) is 0 Å². The summed E-state index contributed by atoms with van der Waals surface area (Å²) in [5.41, 5.74) is 0. The van der Waals surface area contributed by atoms with Gasteiger partial charge >= 0.3 is 0 Å². The zero-order valence-electron chi connectivity index (χ0n) is 12.7. The molecule has 0 spiro atoms. The molecule has 0 radical (unpaired) electrons. The summed E-state index contributed by atoms with van der Waals surface area (Å²) in [6.45, 7) is 7.62. The molecule has 0 saturated carbocycles. The second-order valence-electron chi connectivity index (χ2n) is 5.76. The Bertz CT molecular complexity index is 248. The van der Waals surface area contributed by atoms with Gasteiger partial charge in [-0.3, -0.25) is 4.79 Å². The van der Waals surface area contributed by atoms with Crippen LogP contribution in [0.3, 0.4) is 0 Å². The van der Waals surface area contributed by atoms with Gasteiger partial charge in [0.15, 0.2) is 0 Å². The van der Waals surface area contributed by atoms with E-state index in [4.69, 9.17) is 0 Å². The maximum Gasteiger partial charge on any atom is 0.220 e.